The molecule has 126 valence electrons. The first kappa shape index (κ1) is 15.2. The summed E-state index contributed by atoms with van der Waals surface area (Å²) in [6.45, 7) is 0. The van der Waals surface area contributed by atoms with Gasteiger partial charge in [0.25, 0.3) is 5.56 Å². The fraction of sp³-hybridized carbons (Fsp3) is 0.500. The van der Waals surface area contributed by atoms with Crippen LogP contribution < -0.4 is 11.2 Å². The summed E-state index contributed by atoms with van der Waals surface area (Å²) in [7, 11) is 0. The number of aromatic nitrogens is 2. The molecule has 24 heavy (non-hydrogen) atoms. The van der Waals surface area contributed by atoms with Gasteiger partial charge in [0.05, 0.1) is 18.2 Å². The molecular weight excluding hydrogens is 306 g/mol. The third kappa shape index (κ3) is 2.56. The van der Waals surface area contributed by atoms with Crippen molar-refractivity contribution in [1.29, 1.82) is 0 Å². The lowest BCUT2D eigenvalue weighted by Crippen LogP contribution is -2.44. The zero-order valence-electron chi connectivity index (χ0n) is 13.6. The third-order valence-corrected chi connectivity index (χ3v) is 5.09. The normalized spacial score (nSPS) is 18.3. The maximum absolute atomic E-state index is 13.0. The van der Waals surface area contributed by atoms with Crippen molar-refractivity contribution < 1.29 is 4.42 Å². The molecule has 0 bridgehead atoms. The molecule has 2 aliphatic rings. The molecule has 4 rings (SSSR count). The Labute approximate surface area is 139 Å². The van der Waals surface area contributed by atoms with Crippen LogP contribution in [0.3, 0.4) is 0 Å². The van der Waals surface area contributed by atoms with Crippen LogP contribution in [0.2, 0.25) is 0 Å². The Balaban J connectivity index is 1.85. The molecule has 6 heteroatoms. The number of rotatable bonds is 3. The number of fused-ring (bicyclic) bond motifs is 1. The van der Waals surface area contributed by atoms with Crippen molar-refractivity contribution in [2.45, 2.75) is 57.4 Å². The van der Waals surface area contributed by atoms with E-state index in [9.17, 15) is 9.59 Å². The van der Waals surface area contributed by atoms with Gasteiger partial charge in [0.15, 0.2) is 0 Å². The average molecular weight is 327 g/mol. The molecule has 1 saturated carbocycles. The predicted octanol–water partition coefficient (Wildman–Crippen LogP) is 2.48. The van der Waals surface area contributed by atoms with Crippen LogP contribution in [-0.2, 0) is 12.8 Å². The van der Waals surface area contributed by atoms with E-state index >= 15 is 0 Å². The molecular formula is C18H21N3O3. The maximum atomic E-state index is 13.0. The smallest absolute Gasteiger partial charge is 0.352 e. The summed E-state index contributed by atoms with van der Waals surface area (Å²) in [6.07, 6.45) is 10.6. The highest BCUT2D eigenvalue weighted by Crippen LogP contribution is 2.27. The second-order valence-corrected chi connectivity index (χ2v) is 6.60. The van der Waals surface area contributed by atoms with Crippen molar-refractivity contribution in [1.82, 2.24) is 9.24 Å². The second kappa shape index (κ2) is 6.26. The lowest BCUT2D eigenvalue weighted by atomic mass is 9.95. The van der Waals surface area contributed by atoms with Crippen LogP contribution in [0.5, 0.6) is 0 Å². The van der Waals surface area contributed by atoms with Crippen molar-refractivity contribution >= 4 is 6.21 Å². The summed E-state index contributed by atoms with van der Waals surface area (Å²) in [6, 6.07) is 3.57. The van der Waals surface area contributed by atoms with Crippen LogP contribution in [0.25, 0.3) is 0 Å². The van der Waals surface area contributed by atoms with Crippen LogP contribution in [-0.4, -0.2) is 15.5 Å². The van der Waals surface area contributed by atoms with Crippen molar-refractivity contribution in [3.63, 3.8) is 0 Å². The van der Waals surface area contributed by atoms with Gasteiger partial charge in [-0.25, -0.2) is 4.79 Å². The van der Waals surface area contributed by atoms with E-state index in [1.165, 1.54) is 21.9 Å². The van der Waals surface area contributed by atoms with Gasteiger partial charge in [-0.3, -0.25) is 9.36 Å². The van der Waals surface area contributed by atoms with Gasteiger partial charge in [0.1, 0.15) is 5.76 Å². The van der Waals surface area contributed by atoms with E-state index in [2.05, 4.69) is 5.10 Å². The summed E-state index contributed by atoms with van der Waals surface area (Å²) in [5.74, 6) is 0.587. The van der Waals surface area contributed by atoms with Crippen LogP contribution in [0.4, 0.5) is 0 Å². The van der Waals surface area contributed by atoms with E-state index < -0.39 is 0 Å². The highest BCUT2D eigenvalue weighted by Gasteiger charge is 2.27. The minimum Gasteiger partial charge on any atom is -0.463 e. The molecule has 0 N–H and O–H groups in total. The van der Waals surface area contributed by atoms with Gasteiger partial charge in [0, 0.05) is 11.6 Å². The summed E-state index contributed by atoms with van der Waals surface area (Å²) < 4.78 is 8.13. The summed E-state index contributed by atoms with van der Waals surface area (Å²) in [4.78, 5) is 25.8. The Morgan fingerprint density at radius 3 is 2.71 bits per heavy atom. The van der Waals surface area contributed by atoms with Gasteiger partial charge in [-0.2, -0.15) is 9.78 Å². The van der Waals surface area contributed by atoms with Gasteiger partial charge in [-0.05, 0) is 44.2 Å². The summed E-state index contributed by atoms with van der Waals surface area (Å²) >= 11 is 0. The Morgan fingerprint density at radius 2 is 1.96 bits per heavy atom. The van der Waals surface area contributed by atoms with Crippen molar-refractivity contribution in [2.75, 3.05) is 0 Å². The van der Waals surface area contributed by atoms with Gasteiger partial charge < -0.3 is 4.42 Å². The molecule has 2 aromatic rings. The van der Waals surface area contributed by atoms with E-state index in [-0.39, 0.29) is 17.3 Å². The number of hydrogen-bond donors (Lipinski definition) is 0. The molecule has 1 fully saturated rings. The highest BCUT2D eigenvalue weighted by atomic mass is 16.3. The fourth-order valence-electron chi connectivity index (χ4n) is 3.90. The lowest BCUT2D eigenvalue weighted by molar-refractivity contribution is 0.329. The molecule has 0 atom stereocenters. The van der Waals surface area contributed by atoms with E-state index in [4.69, 9.17) is 4.42 Å². The monoisotopic (exact) mass is 327 g/mol. The Kier molecular flexibility index (Phi) is 3.96. The highest BCUT2D eigenvalue weighted by molar-refractivity contribution is 5.75. The van der Waals surface area contributed by atoms with E-state index in [0.29, 0.717) is 5.76 Å². The fourth-order valence-corrected chi connectivity index (χ4v) is 3.90. The quantitative estimate of drug-likeness (QED) is 0.813. The topological polar surface area (TPSA) is 69.5 Å². The van der Waals surface area contributed by atoms with Crippen LogP contribution in [0, 0.1) is 0 Å². The van der Waals surface area contributed by atoms with Gasteiger partial charge in [0.2, 0.25) is 0 Å². The molecule has 0 aromatic carbocycles. The second-order valence-electron chi connectivity index (χ2n) is 6.60. The van der Waals surface area contributed by atoms with Crippen LogP contribution >= 0.6 is 0 Å². The summed E-state index contributed by atoms with van der Waals surface area (Å²) in [5.41, 5.74) is 1.12. The van der Waals surface area contributed by atoms with Gasteiger partial charge in [-0.15, -0.1) is 0 Å². The molecule has 2 aromatic heterocycles. The SMILES string of the molecule is O=c1c2c(n(N=Cc3ccco3)c(=O)n1C1CCCCC1)CCC2. The minimum absolute atomic E-state index is 0.00899. The molecule has 0 unspecified atom stereocenters. The molecule has 0 radical (unpaired) electrons. The third-order valence-electron chi connectivity index (χ3n) is 5.09. The molecule has 2 heterocycles. The zero-order chi connectivity index (χ0) is 16.5. The van der Waals surface area contributed by atoms with E-state index in [1.807, 2.05) is 0 Å². The first-order valence-corrected chi connectivity index (χ1v) is 8.73. The molecule has 0 saturated heterocycles. The van der Waals surface area contributed by atoms with Crippen molar-refractivity contribution in [3.05, 3.63) is 56.3 Å². The molecule has 0 amide bonds. The van der Waals surface area contributed by atoms with Gasteiger partial charge >= 0.3 is 5.69 Å². The molecule has 0 aliphatic heterocycles. The first-order chi connectivity index (χ1) is 11.8. The average Bonchev–Trinajstić information content (AvgIpc) is 3.27. The predicted molar refractivity (Wildman–Crippen MR) is 90.8 cm³/mol. The van der Waals surface area contributed by atoms with E-state index in [1.54, 1.807) is 18.4 Å². The van der Waals surface area contributed by atoms with Crippen LogP contribution in [0.1, 0.15) is 61.6 Å². The van der Waals surface area contributed by atoms with Crippen LogP contribution in [0.15, 0.2) is 37.5 Å². The maximum Gasteiger partial charge on any atom is 0.352 e. The number of furan rings is 1. The zero-order valence-corrected chi connectivity index (χ0v) is 13.6. The molecule has 6 nitrogen and oxygen atoms in total. The Morgan fingerprint density at radius 1 is 1.12 bits per heavy atom. The van der Waals surface area contributed by atoms with Crippen molar-refractivity contribution in [3.8, 4) is 0 Å². The lowest BCUT2D eigenvalue weighted by Gasteiger charge is -2.24. The Bertz CT molecular complexity index is 868. The minimum atomic E-state index is -0.310. The number of hydrogen-bond acceptors (Lipinski definition) is 4. The summed E-state index contributed by atoms with van der Waals surface area (Å²) in [5, 5.41) is 4.34. The standard InChI is InChI=1S/C18H21N3O3/c22-17-15-9-4-10-16(15)21(19-12-14-8-5-11-24-14)18(23)20(17)13-6-2-1-3-7-13/h5,8,11-13H,1-4,6-7,9-10H2. The van der Waals surface area contributed by atoms with Crippen molar-refractivity contribution in [2.24, 2.45) is 5.10 Å². The largest absolute Gasteiger partial charge is 0.463 e. The van der Waals surface area contributed by atoms with Gasteiger partial charge in [-0.1, -0.05) is 19.3 Å². The molecule has 2 aliphatic carbocycles. The first-order valence-electron chi connectivity index (χ1n) is 8.73. The van der Waals surface area contributed by atoms with E-state index in [0.717, 1.165) is 56.2 Å². The molecule has 0 spiro atoms. The number of nitrogens with zero attached hydrogens (tertiary/aromatic N) is 3. The Hall–Kier alpha value is -2.37.